The van der Waals surface area contributed by atoms with Crippen molar-refractivity contribution in [2.75, 3.05) is 0 Å². The zero-order chi connectivity index (χ0) is 11.7. The van der Waals surface area contributed by atoms with Gasteiger partial charge in [0.1, 0.15) is 11.5 Å². The third-order valence-electron chi connectivity index (χ3n) is 2.99. The number of benzene rings is 1. The van der Waals surface area contributed by atoms with Crippen molar-refractivity contribution in [1.29, 1.82) is 0 Å². The first-order valence-electron chi connectivity index (χ1n) is 5.02. The minimum Gasteiger partial charge on any atom is -0.508 e. The first-order valence-corrected chi connectivity index (χ1v) is 5.02. The molecule has 1 aromatic rings. The highest BCUT2D eigenvalue weighted by molar-refractivity contribution is 5.74. The fourth-order valence-electron chi connectivity index (χ4n) is 1.44. The van der Waals surface area contributed by atoms with E-state index < -0.39 is 0 Å². The van der Waals surface area contributed by atoms with E-state index in [4.69, 9.17) is 0 Å². The van der Waals surface area contributed by atoms with Crippen molar-refractivity contribution < 1.29 is 10.2 Å². The van der Waals surface area contributed by atoms with Gasteiger partial charge in [-0.05, 0) is 57.4 Å². The Bertz CT molecular complexity index is 425. The normalized spacial score (nSPS) is 10.2. The maximum atomic E-state index is 9.98. The Morgan fingerprint density at radius 3 is 2.00 bits per heavy atom. The monoisotopic (exact) mass is 206 g/mol. The minimum atomic E-state index is 0.237. The Morgan fingerprint density at radius 1 is 1.00 bits per heavy atom. The summed E-state index contributed by atoms with van der Waals surface area (Å²) >= 11 is 0. The molecule has 0 amide bonds. The summed E-state index contributed by atoms with van der Waals surface area (Å²) in [5, 5.41) is 19.7. The van der Waals surface area contributed by atoms with Crippen LogP contribution >= 0.6 is 0 Å². The van der Waals surface area contributed by atoms with Crippen LogP contribution in [-0.4, -0.2) is 10.2 Å². The van der Waals surface area contributed by atoms with Crippen LogP contribution in [0.4, 0.5) is 0 Å². The smallest absolute Gasteiger partial charge is 0.126 e. The SMILES string of the molecule is CC(C)=C(C)c1cc(O)c(C)c(C)c1O. The third-order valence-corrected chi connectivity index (χ3v) is 2.99. The van der Waals surface area contributed by atoms with Crippen molar-refractivity contribution in [2.24, 2.45) is 0 Å². The predicted molar refractivity (Wildman–Crippen MR) is 63.2 cm³/mol. The molecule has 1 aromatic carbocycles. The largest absolute Gasteiger partial charge is 0.508 e. The Hall–Kier alpha value is -1.44. The molecule has 0 saturated carbocycles. The van der Waals surface area contributed by atoms with Gasteiger partial charge in [-0.3, -0.25) is 0 Å². The van der Waals surface area contributed by atoms with E-state index >= 15 is 0 Å². The average molecular weight is 206 g/mol. The fraction of sp³-hybridized carbons (Fsp3) is 0.385. The summed E-state index contributed by atoms with van der Waals surface area (Å²) in [6.45, 7) is 9.53. The van der Waals surface area contributed by atoms with E-state index in [-0.39, 0.29) is 11.5 Å². The molecular weight excluding hydrogens is 188 g/mol. The summed E-state index contributed by atoms with van der Waals surface area (Å²) in [5.41, 5.74) is 4.33. The second-order valence-corrected chi connectivity index (χ2v) is 4.17. The topological polar surface area (TPSA) is 40.5 Å². The summed E-state index contributed by atoms with van der Waals surface area (Å²) < 4.78 is 0. The van der Waals surface area contributed by atoms with Gasteiger partial charge in [0.05, 0.1) is 0 Å². The molecule has 0 spiro atoms. The molecule has 0 aliphatic heterocycles. The van der Waals surface area contributed by atoms with Gasteiger partial charge in [-0.1, -0.05) is 5.57 Å². The van der Waals surface area contributed by atoms with E-state index in [1.165, 1.54) is 0 Å². The molecule has 0 fully saturated rings. The van der Waals surface area contributed by atoms with Crippen LogP contribution in [-0.2, 0) is 0 Å². The van der Waals surface area contributed by atoms with Crippen molar-refractivity contribution in [2.45, 2.75) is 34.6 Å². The van der Waals surface area contributed by atoms with Crippen LogP contribution in [0.15, 0.2) is 11.6 Å². The summed E-state index contributed by atoms with van der Waals surface area (Å²) in [6, 6.07) is 1.62. The van der Waals surface area contributed by atoms with Gasteiger partial charge in [-0.2, -0.15) is 0 Å². The summed E-state index contributed by atoms with van der Waals surface area (Å²) in [7, 11) is 0. The fourth-order valence-corrected chi connectivity index (χ4v) is 1.44. The lowest BCUT2D eigenvalue weighted by Gasteiger charge is -2.13. The van der Waals surface area contributed by atoms with Crippen LogP contribution in [0.1, 0.15) is 37.5 Å². The number of phenolic OH excluding ortho intramolecular Hbond substituents is 2. The molecule has 0 saturated heterocycles. The van der Waals surface area contributed by atoms with Gasteiger partial charge in [-0.15, -0.1) is 0 Å². The molecule has 82 valence electrons. The molecular formula is C13H18O2. The van der Waals surface area contributed by atoms with E-state index in [0.29, 0.717) is 0 Å². The molecule has 1 rings (SSSR count). The zero-order valence-corrected chi connectivity index (χ0v) is 9.97. The highest BCUT2D eigenvalue weighted by Crippen LogP contribution is 2.36. The van der Waals surface area contributed by atoms with Gasteiger partial charge in [0, 0.05) is 5.56 Å². The van der Waals surface area contributed by atoms with Crippen LogP contribution in [0, 0.1) is 13.8 Å². The van der Waals surface area contributed by atoms with Gasteiger partial charge in [0.2, 0.25) is 0 Å². The molecule has 2 N–H and O–H groups in total. The summed E-state index contributed by atoms with van der Waals surface area (Å²) in [6.07, 6.45) is 0. The average Bonchev–Trinajstić information content (AvgIpc) is 2.19. The molecule has 0 atom stereocenters. The second kappa shape index (κ2) is 3.97. The van der Waals surface area contributed by atoms with Gasteiger partial charge in [0.25, 0.3) is 0 Å². The van der Waals surface area contributed by atoms with Crippen molar-refractivity contribution in [3.8, 4) is 11.5 Å². The Balaban J connectivity index is 3.53. The van der Waals surface area contributed by atoms with Crippen molar-refractivity contribution in [1.82, 2.24) is 0 Å². The van der Waals surface area contributed by atoms with Crippen LogP contribution in [0.25, 0.3) is 5.57 Å². The van der Waals surface area contributed by atoms with Gasteiger partial charge in [0.15, 0.2) is 0 Å². The van der Waals surface area contributed by atoms with Gasteiger partial charge >= 0.3 is 0 Å². The van der Waals surface area contributed by atoms with Crippen LogP contribution in [0.5, 0.6) is 11.5 Å². The molecule has 0 heterocycles. The van der Waals surface area contributed by atoms with E-state index in [0.717, 1.165) is 27.8 Å². The lowest BCUT2D eigenvalue weighted by atomic mass is 9.96. The number of phenols is 2. The highest BCUT2D eigenvalue weighted by atomic mass is 16.3. The van der Waals surface area contributed by atoms with Crippen LogP contribution in [0.2, 0.25) is 0 Å². The molecule has 0 aromatic heterocycles. The quantitative estimate of drug-likeness (QED) is 0.690. The van der Waals surface area contributed by atoms with E-state index in [9.17, 15) is 10.2 Å². The number of aromatic hydroxyl groups is 2. The lowest BCUT2D eigenvalue weighted by Crippen LogP contribution is -1.90. The molecule has 0 aliphatic rings. The maximum absolute atomic E-state index is 9.98. The standard InChI is InChI=1S/C13H18O2/c1-7(2)8(3)11-6-12(14)9(4)10(5)13(11)15/h6,14-15H,1-5H3. The Labute approximate surface area is 90.9 Å². The van der Waals surface area contributed by atoms with Gasteiger partial charge < -0.3 is 10.2 Å². The number of allylic oxidation sites excluding steroid dienone is 2. The Kier molecular flexibility index (Phi) is 3.08. The molecule has 0 bridgehead atoms. The first-order chi connectivity index (χ1) is 6.86. The first kappa shape index (κ1) is 11.6. The number of hydrogen-bond donors (Lipinski definition) is 2. The summed E-state index contributed by atoms with van der Waals surface area (Å²) in [5.74, 6) is 0.505. The zero-order valence-electron chi connectivity index (χ0n) is 9.97. The lowest BCUT2D eigenvalue weighted by molar-refractivity contribution is 0.451. The Morgan fingerprint density at radius 2 is 1.53 bits per heavy atom. The molecule has 0 aliphatic carbocycles. The minimum absolute atomic E-state index is 0.237. The van der Waals surface area contributed by atoms with E-state index in [1.54, 1.807) is 13.0 Å². The molecule has 15 heavy (non-hydrogen) atoms. The maximum Gasteiger partial charge on any atom is 0.126 e. The summed E-state index contributed by atoms with van der Waals surface area (Å²) in [4.78, 5) is 0. The van der Waals surface area contributed by atoms with E-state index in [1.807, 2.05) is 27.7 Å². The van der Waals surface area contributed by atoms with E-state index in [2.05, 4.69) is 0 Å². The second-order valence-electron chi connectivity index (χ2n) is 4.17. The third kappa shape index (κ3) is 1.99. The molecule has 2 nitrogen and oxygen atoms in total. The van der Waals surface area contributed by atoms with Crippen molar-refractivity contribution >= 4 is 5.57 Å². The number of hydrogen-bond acceptors (Lipinski definition) is 2. The molecule has 0 radical (unpaired) electrons. The van der Waals surface area contributed by atoms with Gasteiger partial charge in [-0.25, -0.2) is 0 Å². The van der Waals surface area contributed by atoms with Crippen molar-refractivity contribution in [3.63, 3.8) is 0 Å². The number of rotatable bonds is 1. The molecule has 2 heteroatoms. The predicted octanol–water partition coefficient (Wildman–Crippen LogP) is 3.53. The van der Waals surface area contributed by atoms with Crippen molar-refractivity contribution in [3.05, 3.63) is 28.3 Å². The molecule has 0 unspecified atom stereocenters. The highest BCUT2D eigenvalue weighted by Gasteiger charge is 2.12. The van der Waals surface area contributed by atoms with Crippen LogP contribution < -0.4 is 0 Å². The van der Waals surface area contributed by atoms with Crippen LogP contribution in [0.3, 0.4) is 0 Å².